The summed E-state index contributed by atoms with van der Waals surface area (Å²) < 4.78 is 5.65. The highest BCUT2D eigenvalue weighted by Gasteiger charge is 2.18. The highest BCUT2D eigenvalue weighted by Crippen LogP contribution is 2.25. The fourth-order valence-corrected chi connectivity index (χ4v) is 3.83. The van der Waals surface area contributed by atoms with Crippen LogP contribution in [0.5, 0.6) is 0 Å². The van der Waals surface area contributed by atoms with Gasteiger partial charge in [0.05, 0.1) is 11.1 Å². The lowest BCUT2D eigenvalue weighted by Gasteiger charge is -2.08. The van der Waals surface area contributed by atoms with Gasteiger partial charge in [-0.25, -0.2) is 4.79 Å². The molecule has 106 valence electrons. The van der Waals surface area contributed by atoms with Gasteiger partial charge in [-0.05, 0) is 45.4 Å². The second-order valence-electron chi connectivity index (χ2n) is 4.64. The number of hydrogen-bond donors (Lipinski definition) is 1. The van der Waals surface area contributed by atoms with Gasteiger partial charge in [-0.1, -0.05) is 26.8 Å². The summed E-state index contributed by atoms with van der Waals surface area (Å²) in [6, 6.07) is 6.74. The lowest BCUT2D eigenvalue weighted by Crippen LogP contribution is -2.14. The molecule has 0 bridgehead atoms. The first-order valence-electron chi connectivity index (χ1n) is 6.30. The number of nitrogens with zero attached hydrogens (tertiary/aromatic N) is 1. The Balaban J connectivity index is 2.22. The Labute approximate surface area is 131 Å². The van der Waals surface area contributed by atoms with E-state index in [-0.39, 0.29) is 32.2 Å². The molecule has 2 heterocycles. The van der Waals surface area contributed by atoms with Crippen LogP contribution in [-0.2, 0) is 0 Å². The number of fused-ring (bicyclic) bond motifs is 1. The molecule has 0 aliphatic carbocycles. The van der Waals surface area contributed by atoms with Crippen LogP contribution in [0, 0.1) is 6.92 Å². The van der Waals surface area contributed by atoms with Crippen LogP contribution in [0.25, 0.3) is 10.9 Å². The highest BCUT2D eigenvalue weighted by atomic mass is 127. The molecule has 1 N–H and O–H groups in total. The van der Waals surface area contributed by atoms with Crippen LogP contribution in [0.2, 0.25) is 0 Å². The lowest BCUT2D eigenvalue weighted by molar-refractivity contribution is 0.0698. The molecule has 0 saturated heterocycles. The minimum Gasteiger partial charge on any atom is -0.478 e. The Morgan fingerprint density at radius 3 is 2.76 bits per heavy atom. The van der Waals surface area contributed by atoms with Crippen molar-refractivity contribution < 1.29 is 14.7 Å². The summed E-state index contributed by atoms with van der Waals surface area (Å²) in [5.41, 5.74) is 2.21. The molecule has 0 spiro atoms. The Morgan fingerprint density at radius 2 is 2.10 bits per heavy atom. The van der Waals surface area contributed by atoms with Crippen LogP contribution in [0.1, 0.15) is 20.8 Å². The molecule has 21 heavy (non-hydrogen) atoms. The van der Waals surface area contributed by atoms with Gasteiger partial charge in [-0.3, -0.25) is 9.36 Å². The van der Waals surface area contributed by atoms with Crippen molar-refractivity contribution in [2.75, 3.05) is 0 Å². The maximum atomic E-state index is 12.7. The van der Waals surface area contributed by atoms with E-state index in [0.717, 1.165) is 5.69 Å². The summed E-state index contributed by atoms with van der Waals surface area (Å²) >= 11 is -0.0750. The minimum absolute atomic E-state index is 0.0750. The molecule has 3 rings (SSSR count). The predicted octanol–water partition coefficient (Wildman–Crippen LogP) is 3.51. The first-order chi connectivity index (χ1) is 10.1. The van der Waals surface area contributed by atoms with Crippen molar-refractivity contribution in [2.24, 2.45) is 0 Å². The van der Waals surface area contributed by atoms with E-state index >= 15 is 0 Å². The Hall–Kier alpha value is -2.02. The van der Waals surface area contributed by atoms with Gasteiger partial charge in [-0.15, -0.1) is 0 Å². The zero-order valence-corrected chi connectivity index (χ0v) is 13.4. The maximum Gasteiger partial charge on any atom is 0.336 e. The number of hydrogen-bond acceptors (Lipinski definition) is 2. The number of aromatic carboxylic acids is 1. The number of carboxylic acid groups (broad SMARTS) is 1. The van der Waals surface area contributed by atoms with Crippen LogP contribution in [0.15, 0.2) is 46.1 Å². The SMILES string of the molecule is Cc1cc2c(C(=O)O)cccc2n1C(=O)C1=CC=IC=C1. The molecular formula is C16H12INO3. The molecule has 0 unspecified atom stereocenters. The Kier molecular flexibility index (Phi) is 3.59. The number of aromatic nitrogens is 1. The Bertz CT molecular complexity index is 856. The second-order valence-corrected chi connectivity index (χ2v) is 6.79. The maximum absolute atomic E-state index is 12.7. The van der Waals surface area contributed by atoms with E-state index in [4.69, 9.17) is 0 Å². The van der Waals surface area contributed by atoms with Crippen molar-refractivity contribution in [3.8, 4) is 0 Å². The standard InChI is InChI=1S/C16H12INO3/c1-10-9-13-12(16(20)21)3-2-4-14(13)18(10)15(19)11-5-7-17-8-6-11/h2-9H,1H3,(H,20,21). The predicted molar refractivity (Wildman–Crippen MR) is 91.6 cm³/mol. The molecule has 4 nitrogen and oxygen atoms in total. The fraction of sp³-hybridized carbons (Fsp3) is 0.0625. The smallest absolute Gasteiger partial charge is 0.336 e. The average Bonchev–Trinajstić information content (AvgIpc) is 2.82. The van der Waals surface area contributed by atoms with E-state index in [9.17, 15) is 14.7 Å². The van der Waals surface area contributed by atoms with Gasteiger partial charge in [0.15, 0.2) is 0 Å². The van der Waals surface area contributed by atoms with Gasteiger partial charge >= 0.3 is 5.97 Å². The summed E-state index contributed by atoms with van der Waals surface area (Å²) in [4.78, 5) is 24.0. The number of aryl methyl sites for hydroxylation is 1. The third kappa shape index (κ3) is 2.37. The van der Waals surface area contributed by atoms with Gasteiger partial charge in [-0.2, -0.15) is 0 Å². The Morgan fingerprint density at radius 1 is 1.29 bits per heavy atom. The van der Waals surface area contributed by atoms with E-state index in [2.05, 4.69) is 0 Å². The van der Waals surface area contributed by atoms with Gasteiger partial charge in [0.1, 0.15) is 0 Å². The normalized spacial score (nSPS) is 13.9. The number of rotatable bonds is 2. The van der Waals surface area contributed by atoms with Crippen LogP contribution in [0.3, 0.4) is 0 Å². The zero-order chi connectivity index (χ0) is 15.0. The zero-order valence-electron chi connectivity index (χ0n) is 11.2. The van der Waals surface area contributed by atoms with Gasteiger partial charge in [0.2, 0.25) is 0 Å². The van der Waals surface area contributed by atoms with Gasteiger partial charge in [0, 0.05) is 16.7 Å². The third-order valence-corrected chi connectivity index (χ3v) is 4.89. The van der Waals surface area contributed by atoms with Crippen molar-refractivity contribution in [3.63, 3.8) is 0 Å². The van der Waals surface area contributed by atoms with Gasteiger partial charge < -0.3 is 5.11 Å². The number of benzene rings is 1. The quantitative estimate of drug-likeness (QED) is 0.795. The monoisotopic (exact) mass is 393 g/mol. The molecule has 1 aliphatic rings. The number of allylic oxidation sites excluding steroid dienone is 3. The molecule has 1 aliphatic heterocycles. The van der Waals surface area contributed by atoms with Crippen molar-refractivity contribution in [2.45, 2.75) is 6.92 Å². The summed E-state index contributed by atoms with van der Waals surface area (Å²) in [5.74, 6) is -1.11. The summed E-state index contributed by atoms with van der Waals surface area (Å²) in [6.07, 6.45) is 3.70. The second kappa shape index (κ2) is 5.40. The molecular weight excluding hydrogens is 381 g/mol. The highest BCUT2D eigenvalue weighted by molar-refractivity contribution is 14.2. The van der Waals surface area contributed by atoms with Crippen LogP contribution in [0.4, 0.5) is 0 Å². The molecule has 0 saturated carbocycles. The first kappa shape index (κ1) is 13.9. The minimum atomic E-state index is -0.986. The number of carbonyl (C=O) groups is 2. The number of carboxylic acids is 1. The lowest BCUT2D eigenvalue weighted by atomic mass is 10.1. The van der Waals surface area contributed by atoms with E-state index in [0.29, 0.717) is 16.5 Å². The molecule has 5 heteroatoms. The summed E-state index contributed by atoms with van der Waals surface area (Å²) in [7, 11) is 0. The number of carbonyl (C=O) groups excluding carboxylic acids is 1. The van der Waals surface area contributed by atoms with Crippen molar-refractivity contribution in [3.05, 3.63) is 57.3 Å². The van der Waals surface area contributed by atoms with Crippen molar-refractivity contribution in [1.29, 1.82) is 0 Å². The van der Waals surface area contributed by atoms with Crippen LogP contribution in [-0.4, -0.2) is 25.6 Å². The molecule has 0 atom stereocenters. The van der Waals surface area contributed by atoms with E-state index < -0.39 is 5.97 Å². The fourth-order valence-electron chi connectivity index (χ4n) is 2.40. The average molecular weight is 393 g/mol. The van der Waals surface area contributed by atoms with Crippen LogP contribution >= 0.6 is 20.7 Å². The van der Waals surface area contributed by atoms with Gasteiger partial charge in [0.25, 0.3) is 5.91 Å². The van der Waals surface area contributed by atoms with Crippen molar-refractivity contribution >= 4 is 47.5 Å². The molecule has 0 amide bonds. The molecule has 1 aromatic carbocycles. The largest absolute Gasteiger partial charge is 0.478 e. The van der Waals surface area contributed by atoms with E-state index in [1.54, 1.807) is 28.8 Å². The molecule has 0 radical (unpaired) electrons. The topological polar surface area (TPSA) is 59.3 Å². The van der Waals surface area contributed by atoms with Crippen LogP contribution < -0.4 is 0 Å². The van der Waals surface area contributed by atoms with E-state index in [1.165, 1.54) is 0 Å². The van der Waals surface area contributed by atoms with Crippen molar-refractivity contribution in [1.82, 2.24) is 4.57 Å². The third-order valence-electron chi connectivity index (χ3n) is 3.34. The molecule has 2 aromatic rings. The summed E-state index contributed by atoms with van der Waals surface area (Å²) in [6.45, 7) is 1.81. The number of halogens is 1. The molecule has 0 fully saturated rings. The molecule has 1 aromatic heterocycles. The first-order valence-corrected chi connectivity index (χ1v) is 8.80. The van der Waals surface area contributed by atoms with E-state index in [1.807, 2.05) is 27.2 Å². The summed E-state index contributed by atoms with van der Waals surface area (Å²) in [5, 5.41) is 9.84.